The van der Waals surface area contributed by atoms with Gasteiger partial charge in [-0.2, -0.15) is 0 Å². The standard InChI is InChI=1S/C17H16N2O/c1-20-15-6-2-4-13(11-15)17(18)14-7-8-16-12(10-14)5-3-9-19-16/h2-11,17H,18H2,1H3. The van der Waals surface area contributed by atoms with Crippen molar-refractivity contribution >= 4 is 10.9 Å². The summed E-state index contributed by atoms with van der Waals surface area (Å²) >= 11 is 0. The monoisotopic (exact) mass is 264 g/mol. The van der Waals surface area contributed by atoms with E-state index in [-0.39, 0.29) is 6.04 Å². The van der Waals surface area contributed by atoms with Crippen LogP contribution >= 0.6 is 0 Å². The molecule has 0 saturated heterocycles. The molecular weight excluding hydrogens is 248 g/mol. The molecule has 0 aliphatic rings. The van der Waals surface area contributed by atoms with Gasteiger partial charge < -0.3 is 10.5 Å². The quantitative estimate of drug-likeness (QED) is 0.789. The molecule has 3 rings (SSSR count). The first-order valence-electron chi connectivity index (χ1n) is 6.52. The summed E-state index contributed by atoms with van der Waals surface area (Å²) < 4.78 is 5.25. The lowest BCUT2D eigenvalue weighted by Crippen LogP contribution is -2.11. The second-order valence-corrected chi connectivity index (χ2v) is 4.71. The van der Waals surface area contributed by atoms with Crippen LogP contribution in [0, 0.1) is 0 Å². The van der Waals surface area contributed by atoms with Gasteiger partial charge in [0.25, 0.3) is 0 Å². The molecule has 0 amide bonds. The largest absolute Gasteiger partial charge is 0.497 e. The molecule has 1 unspecified atom stereocenters. The lowest BCUT2D eigenvalue weighted by molar-refractivity contribution is 0.414. The van der Waals surface area contributed by atoms with Gasteiger partial charge in [-0.25, -0.2) is 0 Å². The first-order valence-corrected chi connectivity index (χ1v) is 6.52. The molecule has 0 radical (unpaired) electrons. The fraction of sp³-hybridized carbons (Fsp3) is 0.118. The highest BCUT2D eigenvalue weighted by molar-refractivity contribution is 5.79. The fourth-order valence-corrected chi connectivity index (χ4v) is 2.31. The third-order valence-electron chi connectivity index (χ3n) is 3.44. The van der Waals surface area contributed by atoms with Crippen LogP contribution in [0.15, 0.2) is 60.8 Å². The van der Waals surface area contributed by atoms with Crippen LogP contribution in [0.3, 0.4) is 0 Å². The molecule has 3 heteroatoms. The zero-order valence-electron chi connectivity index (χ0n) is 11.3. The van der Waals surface area contributed by atoms with Crippen LogP contribution in [0.25, 0.3) is 10.9 Å². The number of methoxy groups -OCH3 is 1. The molecule has 1 atom stereocenters. The molecule has 0 aliphatic heterocycles. The SMILES string of the molecule is COc1cccc(C(N)c2ccc3ncccc3c2)c1. The minimum atomic E-state index is -0.172. The van der Waals surface area contributed by atoms with E-state index in [9.17, 15) is 0 Å². The van der Waals surface area contributed by atoms with E-state index in [0.717, 1.165) is 27.8 Å². The molecule has 3 nitrogen and oxygen atoms in total. The molecule has 0 aliphatic carbocycles. The number of hydrogen-bond acceptors (Lipinski definition) is 3. The highest BCUT2D eigenvalue weighted by Gasteiger charge is 2.10. The Morgan fingerprint density at radius 2 is 1.85 bits per heavy atom. The van der Waals surface area contributed by atoms with Crippen LogP contribution in [-0.4, -0.2) is 12.1 Å². The van der Waals surface area contributed by atoms with E-state index in [4.69, 9.17) is 10.5 Å². The van der Waals surface area contributed by atoms with Crippen molar-refractivity contribution in [2.45, 2.75) is 6.04 Å². The zero-order chi connectivity index (χ0) is 13.9. The molecule has 2 N–H and O–H groups in total. The van der Waals surface area contributed by atoms with Crippen LogP contribution in [0.4, 0.5) is 0 Å². The second-order valence-electron chi connectivity index (χ2n) is 4.71. The smallest absolute Gasteiger partial charge is 0.119 e. The molecule has 3 aromatic rings. The molecule has 0 bridgehead atoms. The molecule has 1 aromatic heterocycles. The van der Waals surface area contributed by atoms with Gasteiger partial charge in [0.2, 0.25) is 0 Å². The van der Waals surface area contributed by atoms with Crippen molar-refractivity contribution in [1.29, 1.82) is 0 Å². The van der Waals surface area contributed by atoms with Crippen molar-refractivity contribution in [3.63, 3.8) is 0 Å². The van der Waals surface area contributed by atoms with Gasteiger partial charge in [-0.15, -0.1) is 0 Å². The van der Waals surface area contributed by atoms with Gasteiger partial charge in [0.1, 0.15) is 5.75 Å². The van der Waals surface area contributed by atoms with Crippen LogP contribution in [0.2, 0.25) is 0 Å². The van der Waals surface area contributed by atoms with Gasteiger partial charge in [-0.1, -0.05) is 24.3 Å². The number of ether oxygens (including phenoxy) is 1. The summed E-state index contributed by atoms with van der Waals surface area (Å²) in [5.74, 6) is 0.820. The predicted molar refractivity (Wildman–Crippen MR) is 80.8 cm³/mol. The van der Waals surface area contributed by atoms with E-state index in [0.29, 0.717) is 0 Å². The van der Waals surface area contributed by atoms with Crippen LogP contribution < -0.4 is 10.5 Å². The average Bonchev–Trinajstić information content (AvgIpc) is 2.53. The van der Waals surface area contributed by atoms with E-state index in [2.05, 4.69) is 11.1 Å². The third kappa shape index (κ3) is 2.36. The number of benzene rings is 2. The van der Waals surface area contributed by atoms with Crippen molar-refractivity contribution in [3.8, 4) is 5.75 Å². The van der Waals surface area contributed by atoms with Gasteiger partial charge in [0, 0.05) is 11.6 Å². The highest BCUT2D eigenvalue weighted by atomic mass is 16.5. The summed E-state index contributed by atoms with van der Waals surface area (Å²) in [6, 6.07) is 17.8. The van der Waals surface area contributed by atoms with E-state index in [1.165, 1.54) is 0 Å². The summed E-state index contributed by atoms with van der Waals surface area (Å²) in [5.41, 5.74) is 9.44. The maximum Gasteiger partial charge on any atom is 0.119 e. The maximum absolute atomic E-state index is 6.35. The minimum absolute atomic E-state index is 0.172. The van der Waals surface area contributed by atoms with Crippen molar-refractivity contribution < 1.29 is 4.74 Å². The lowest BCUT2D eigenvalue weighted by atomic mass is 9.98. The number of pyridine rings is 1. The number of fused-ring (bicyclic) bond motifs is 1. The van der Waals surface area contributed by atoms with Gasteiger partial charge in [0.05, 0.1) is 18.7 Å². The van der Waals surface area contributed by atoms with Gasteiger partial charge in [-0.3, -0.25) is 4.98 Å². The van der Waals surface area contributed by atoms with Crippen LogP contribution in [-0.2, 0) is 0 Å². The second kappa shape index (κ2) is 5.31. The Morgan fingerprint density at radius 3 is 2.70 bits per heavy atom. The summed E-state index contributed by atoms with van der Waals surface area (Å²) in [5, 5.41) is 1.10. The average molecular weight is 264 g/mol. The number of nitrogens with zero attached hydrogens (tertiary/aromatic N) is 1. The normalized spacial score (nSPS) is 12.3. The molecule has 0 fully saturated rings. The number of rotatable bonds is 3. The summed E-state index contributed by atoms with van der Waals surface area (Å²) in [6.07, 6.45) is 1.80. The first-order chi connectivity index (χ1) is 9.78. The highest BCUT2D eigenvalue weighted by Crippen LogP contribution is 2.25. The lowest BCUT2D eigenvalue weighted by Gasteiger charge is -2.14. The van der Waals surface area contributed by atoms with Crippen molar-refractivity contribution in [2.75, 3.05) is 7.11 Å². The minimum Gasteiger partial charge on any atom is -0.497 e. The summed E-state index contributed by atoms with van der Waals surface area (Å²) in [4.78, 5) is 4.32. The first kappa shape index (κ1) is 12.6. The van der Waals surface area contributed by atoms with Crippen molar-refractivity contribution in [2.24, 2.45) is 5.73 Å². The number of aromatic nitrogens is 1. The molecule has 100 valence electrons. The Bertz CT molecular complexity index is 740. The maximum atomic E-state index is 6.35. The number of hydrogen-bond donors (Lipinski definition) is 1. The van der Waals surface area contributed by atoms with Gasteiger partial charge in [0.15, 0.2) is 0 Å². The predicted octanol–water partition coefficient (Wildman–Crippen LogP) is 3.29. The van der Waals surface area contributed by atoms with Crippen LogP contribution in [0.5, 0.6) is 5.75 Å². The van der Waals surface area contributed by atoms with E-state index in [1.54, 1.807) is 13.3 Å². The molecule has 1 heterocycles. The van der Waals surface area contributed by atoms with E-state index < -0.39 is 0 Å². The topological polar surface area (TPSA) is 48.1 Å². The Balaban J connectivity index is 2.00. The molecule has 20 heavy (non-hydrogen) atoms. The Labute approximate surface area is 118 Å². The Morgan fingerprint density at radius 1 is 1.00 bits per heavy atom. The molecule has 0 saturated carbocycles. The van der Waals surface area contributed by atoms with E-state index >= 15 is 0 Å². The van der Waals surface area contributed by atoms with Gasteiger partial charge in [-0.05, 0) is 41.5 Å². The Hall–Kier alpha value is -2.39. The summed E-state index contributed by atoms with van der Waals surface area (Å²) in [7, 11) is 1.66. The number of nitrogens with two attached hydrogens (primary N) is 1. The van der Waals surface area contributed by atoms with Crippen molar-refractivity contribution in [1.82, 2.24) is 4.98 Å². The Kier molecular flexibility index (Phi) is 3.35. The fourth-order valence-electron chi connectivity index (χ4n) is 2.31. The van der Waals surface area contributed by atoms with Crippen LogP contribution in [0.1, 0.15) is 17.2 Å². The van der Waals surface area contributed by atoms with Gasteiger partial charge >= 0.3 is 0 Å². The molecule has 0 spiro atoms. The van der Waals surface area contributed by atoms with E-state index in [1.807, 2.05) is 48.5 Å². The molecular formula is C17H16N2O. The zero-order valence-corrected chi connectivity index (χ0v) is 11.3. The third-order valence-corrected chi connectivity index (χ3v) is 3.44. The summed E-state index contributed by atoms with van der Waals surface area (Å²) in [6.45, 7) is 0. The van der Waals surface area contributed by atoms with Crippen molar-refractivity contribution in [3.05, 3.63) is 71.9 Å². The molecule has 2 aromatic carbocycles.